The number of ether oxygens (including phenoxy) is 3. The molecule has 0 bridgehead atoms. The van der Waals surface area contributed by atoms with Gasteiger partial charge in [-0.25, -0.2) is 19.0 Å². The zero-order chi connectivity index (χ0) is 44.0. The molecule has 64 heavy (non-hydrogen) atoms. The van der Waals surface area contributed by atoms with Crippen LogP contribution in [-0.4, -0.2) is 54.9 Å². The van der Waals surface area contributed by atoms with Gasteiger partial charge in [-0.3, -0.25) is 0 Å². The number of benzene rings is 5. The summed E-state index contributed by atoms with van der Waals surface area (Å²) in [6, 6.07) is 32.0. The number of aliphatic imine (C=N–C) groups is 1. The van der Waals surface area contributed by atoms with E-state index in [1.165, 1.54) is 12.8 Å². The van der Waals surface area contributed by atoms with Crippen LogP contribution in [0.3, 0.4) is 0 Å². The van der Waals surface area contributed by atoms with E-state index in [9.17, 15) is 0 Å². The highest BCUT2D eigenvalue weighted by Crippen LogP contribution is 2.36. The second kappa shape index (κ2) is 20.6. The highest BCUT2D eigenvalue weighted by atomic mass is 79.9. The first-order chi connectivity index (χ1) is 31.3. The highest BCUT2D eigenvalue weighted by molar-refractivity contribution is 9.10. The van der Waals surface area contributed by atoms with Gasteiger partial charge in [-0.2, -0.15) is 15.3 Å². The van der Waals surface area contributed by atoms with E-state index < -0.39 is 0 Å². The Morgan fingerprint density at radius 3 is 1.42 bits per heavy atom. The summed E-state index contributed by atoms with van der Waals surface area (Å²) in [5.74, 6) is 0. The molecule has 6 heterocycles. The summed E-state index contributed by atoms with van der Waals surface area (Å²) in [7, 11) is 0. The number of anilines is 1. The summed E-state index contributed by atoms with van der Waals surface area (Å²) in [5.41, 5.74) is 13.1. The van der Waals surface area contributed by atoms with Gasteiger partial charge in [0.25, 0.3) is 0 Å². The second-order valence-electron chi connectivity index (χ2n) is 16.0. The fraction of sp³-hybridized carbons (Fsp3) is 0.306. The molecule has 0 aliphatic carbocycles. The molecule has 3 saturated heterocycles. The molecule has 3 aliphatic heterocycles. The number of fused-ring (bicyclic) bond motifs is 3. The Morgan fingerprint density at radius 1 is 0.547 bits per heavy atom. The van der Waals surface area contributed by atoms with Crippen molar-refractivity contribution in [3.8, 4) is 0 Å². The molecule has 0 saturated carbocycles. The predicted octanol–water partition coefficient (Wildman–Crippen LogP) is 13.7. The van der Waals surface area contributed by atoms with Crippen molar-refractivity contribution in [2.45, 2.75) is 76.5 Å². The van der Waals surface area contributed by atoms with Crippen LogP contribution in [0.1, 0.15) is 87.6 Å². The monoisotopic (exact) mass is 980 g/mol. The maximum Gasteiger partial charge on any atom is 0.150 e. The van der Waals surface area contributed by atoms with Crippen molar-refractivity contribution in [2.24, 2.45) is 4.99 Å². The molecule has 0 spiro atoms. The fourth-order valence-corrected chi connectivity index (χ4v) is 9.19. The third-order valence-corrected chi connectivity index (χ3v) is 13.5. The zero-order valence-electron chi connectivity index (χ0n) is 35.1. The summed E-state index contributed by atoms with van der Waals surface area (Å²) >= 11 is 22.3. The fourth-order valence-electron chi connectivity index (χ4n) is 8.31. The Morgan fingerprint density at radius 2 is 0.969 bits per heavy atom. The summed E-state index contributed by atoms with van der Waals surface area (Å²) in [6.07, 6.45) is 15.5. The SMILES string of the molecule is Clc1cc2c(cnn2C2CCCCO2)cc1Br.Clc1cc2c(cnn2C2CCCCO2)cc1N=C(c1ccccc1)c1ccccc1.Nc1cc2cnn(C3CCCCO3)c2cc1Cl. The number of aromatic nitrogens is 6. The predicted molar refractivity (Wildman–Crippen MR) is 261 cm³/mol. The van der Waals surface area contributed by atoms with E-state index >= 15 is 0 Å². The molecule has 0 amide bonds. The highest BCUT2D eigenvalue weighted by Gasteiger charge is 2.22. The summed E-state index contributed by atoms with van der Waals surface area (Å²) in [5, 5.41) is 18.3. The van der Waals surface area contributed by atoms with Crippen molar-refractivity contribution < 1.29 is 14.2 Å². The number of halogens is 4. The van der Waals surface area contributed by atoms with Crippen molar-refractivity contribution in [3.05, 3.63) is 146 Å². The van der Waals surface area contributed by atoms with Crippen molar-refractivity contribution in [1.82, 2.24) is 29.3 Å². The van der Waals surface area contributed by atoms with Crippen LogP contribution in [0.25, 0.3) is 32.7 Å². The Hall–Kier alpha value is -4.79. The van der Waals surface area contributed by atoms with Gasteiger partial charge in [0.2, 0.25) is 0 Å². The molecule has 330 valence electrons. The molecule has 5 aromatic carbocycles. The van der Waals surface area contributed by atoms with Crippen LogP contribution in [-0.2, 0) is 14.2 Å². The summed E-state index contributed by atoms with van der Waals surface area (Å²) in [6.45, 7) is 2.39. The Bertz CT molecular complexity index is 2730. The molecule has 15 heteroatoms. The van der Waals surface area contributed by atoms with E-state index in [1.807, 2.05) is 99.2 Å². The van der Waals surface area contributed by atoms with E-state index in [0.717, 1.165) is 124 Å². The lowest BCUT2D eigenvalue weighted by atomic mass is 10.0. The minimum Gasteiger partial charge on any atom is -0.398 e. The van der Waals surface area contributed by atoms with Gasteiger partial charge in [0.15, 0.2) is 18.7 Å². The second-order valence-corrected chi connectivity index (χ2v) is 18.1. The van der Waals surface area contributed by atoms with Gasteiger partial charge in [-0.15, -0.1) is 0 Å². The maximum atomic E-state index is 6.70. The van der Waals surface area contributed by atoms with E-state index in [0.29, 0.717) is 20.8 Å². The van der Waals surface area contributed by atoms with Gasteiger partial charge in [0.05, 0.1) is 67.3 Å². The van der Waals surface area contributed by atoms with Gasteiger partial charge in [0, 0.05) is 51.6 Å². The molecule has 3 aromatic heterocycles. The van der Waals surface area contributed by atoms with E-state index in [-0.39, 0.29) is 18.7 Å². The maximum absolute atomic E-state index is 6.70. The molecule has 0 radical (unpaired) electrons. The average molecular weight is 983 g/mol. The molecule has 3 aliphatic rings. The third kappa shape index (κ3) is 10.0. The van der Waals surface area contributed by atoms with Crippen LogP contribution in [0, 0.1) is 0 Å². The van der Waals surface area contributed by atoms with Gasteiger partial charge in [-0.1, -0.05) is 95.5 Å². The van der Waals surface area contributed by atoms with E-state index in [4.69, 9.17) is 59.7 Å². The van der Waals surface area contributed by atoms with Gasteiger partial charge >= 0.3 is 0 Å². The first-order valence-corrected chi connectivity index (χ1v) is 23.7. The molecule has 3 atom stereocenters. The number of nitrogen functional groups attached to an aromatic ring is 1. The molecule has 11 rings (SSSR count). The Labute approximate surface area is 395 Å². The lowest BCUT2D eigenvalue weighted by Crippen LogP contribution is -2.18. The largest absolute Gasteiger partial charge is 0.398 e. The Balaban J connectivity index is 0.000000130. The van der Waals surface area contributed by atoms with E-state index in [2.05, 4.69) is 55.5 Å². The number of nitrogens with zero attached hydrogens (tertiary/aromatic N) is 7. The number of hydrogen-bond acceptors (Lipinski definition) is 8. The van der Waals surface area contributed by atoms with Crippen molar-refractivity contribution >= 4 is 101 Å². The smallest absolute Gasteiger partial charge is 0.150 e. The molecule has 11 nitrogen and oxygen atoms in total. The normalized spacial score (nSPS) is 18.8. The topological polar surface area (TPSA) is 120 Å². The first kappa shape index (κ1) is 44.4. The van der Waals surface area contributed by atoms with E-state index in [1.54, 1.807) is 6.20 Å². The quantitative estimate of drug-likeness (QED) is 0.130. The molecule has 8 aromatic rings. The van der Waals surface area contributed by atoms with Crippen LogP contribution in [0.4, 0.5) is 11.4 Å². The molecule has 3 fully saturated rings. The molecule has 2 N–H and O–H groups in total. The Kier molecular flexibility index (Phi) is 14.3. The molecular weight excluding hydrogens is 935 g/mol. The summed E-state index contributed by atoms with van der Waals surface area (Å²) < 4.78 is 24.1. The van der Waals surface area contributed by atoms with Gasteiger partial charge in [-0.05, 0) is 110 Å². The van der Waals surface area contributed by atoms with Crippen molar-refractivity contribution in [1.29, 1.82) is 0 Å². The lowest BCUT2D eigenvalue weighted by Gasteiger charge is -2.23. The standard InChI is InChI=1S/C25H22ClN3O.C12H12BrClN2O.C12H14ClN3O/c26-21-16-23-20(17-27-29(23)24-13-7-8-14-30-24)15-22(21)28-25(18-9-3-1-4-10-18)19-11-5-2-6-12-19;13-9-5-8-7-15-16(11(8)6-10(9)14)12-3-1-2-4-17-12;13-9-6-11-8(5-10(9)14)7-15-16(11)12-3-1-2-4-17-12/h1-6,9-12,15-17,24H,7-8,13-14H2;5-7,12H,1-4H2;5-7,12H,1-4,14H2. The van der Waals surface area contributed by atoms with Crippen LogP contribution >= 0.6 is 50.7 Å². The van der Waals surface area contributed by atoms with Crippen LogP contribution in [0.15, 0.2) is 125 Å². The number of hydrogen-bond donors (Lipinski definition) is 1. The van der Waals surface area contributed by atoms with Crippen molar-refractivity contribution in [2.75, 3.05) is 25.6 Å². The number of rotatable bonds is 6. The lowest BCUT2D eigenvalue weighted by molar-refractivity contribution is -0.0367. The summed E-state index contributed by atoms with van der Waals surface area (Å²) in [4.78, 5) is 4.99. The average Bonchev–Trinajstić information content (AvgIpc) is 4.07. The van der Waals surface area contributed by atoms with Gasteiger partial charge in [0.1, 0.15) is 0 Å². The minimum absolute atomic E-state index is 0.0223. The zero-order valence-corrected chi connectivity index (χ0v) is 39.0. The minimum atomic E-state index is -0.0223. The first-order valence-electron chi connectivity index (χ1n) is 21.8. The van der Waals surface area contributed by atoms with Crippen molar-refractivity contribution in [3.63, 3.8) is 0 Å². The van der Waals surface area contributed by atoms with Crippen LogP contribution in [0.5, 0.6) is 0 Å². The third-order valence-electron chi connectivity index (χ3n) is 11.6. The van der Waals surface area contributed by atoms with Crippen LogP contribution in [0.2, 0.25) is 15.1 Å². The molecular formula is C49H48BrCl3N8O3. The van der Waals surface area contributed by atoms with Gasteiger partial charge < -0.3 is 19.9 Å². The van der Waals surface area contributed by atoms with Crippen LogP contribution < -0.4 is 5.73 Å². The number of nitrogens with two attached hydrogens (primary N) is 1. The molecule has 3 unspecified atom stereocenters.